The van der Waals surface area contributed by atoms with Gasteiger partial charge in [-0.15, -0.1) is 0 Å². The average molecular weight is 437 g/mol. The second-order valence-electron chi connectivity index (χ2n) is 8.02. The minimum Gasteiger partial charge on any atom is -0.483 e. The fourth-order valence-corrected chi connectivity index (χ4v) is 4.13. The van der Waals surface area contributed by atoms with Crippen molar-refractivity contribution in [1.29, 1.82) is 0 Å². The Balaban J connectivity index is 1.94. The van der Waals surface area contributed by atoms with Gasteiger partial charge in [-0.2, -0.15) is 0 Å². The Hall–Kier alpha value is -3.72. The molecule has 0 atom stereocenters. The lowest BCUT2D eigenvalue weighted by molar-refractivity contribution is -0.384. The van der Waals surface area contributed by atoms with Crippen LogP contribution < -0.4 is 4.74 Å². The molecule has 0 bridgehead atoms. The number of benzene rings is 2. The number of carbonyl (C=O) groups excluding carboxylic acids is 2. The number of fused-ring (bicyclic) bond motifs is 2. The minimum atomic E-state index is -0.911. The van der Waals surface area contributed by atoms with Crippen LogP contribution in [0.1, 0.15) is 42.3 Å². The lowest BCUT2D eigenvalue weighted by atomic mass is 9.88. The van der Waals surface area contributed by atoms with Crippen LogP contribution >= 0.6 is 0 Å². The summed E-state index contributed by atoms with van der Waals surface area (Å²) in [5.41, 5.74) is 1.93. The van der Waals surface area contributed by atoms with Crippen molar-refractivity contribution in [2.45, 2.75) is 32.9 Å². The molecule has 0 unspecified atom stereocenters. The Labute approximate surface area is 184 Å². The quantitative estimate of drug-likeness (QED) is 0.373. The largest absolute Gasteiger partial charge is 0.483 e. The Morgan fingerprint density at radius 1 is 1.25 bits per heavy atom. The summed E-state index contributed by atoms with van der Waals surface area (Å²) in [4.78, 5) is 43.0. The molecule has 0 radical (unpaired) electrons. The van der Waals surface area contributed by atoms with Crippen LogP contribution in [0.5, 0.6) is 5.75 Å². The first-order chi connectivity index (χ1) is 15.3. The molecular weight excluding hydrogens is 414 g/mol. The number of carbonyl (C=O) groups is 2. The molecule has 0 saturated carbocycles. The summed E-state index contributed by atoms with van der Waals surface area (Å²) in [6.07, 6.45) is 0.563. The molecule has 2 amide bonds. The van der Waals surface area contributed by atoms with Crippen LogP contribution in [0.3, 0.4) is 0 Å². The second-order valence-corrected chi connectivity index (χ2v) is 8.02. The summed E-state index contributed by atoms with van der Waals surface area (Å²) in [5.74, 6) is 0.217. The lowest BCUT2D eigenvalue weighted by Crippen LogP contribution is -2.43. The van der Waals surface area contributed by atoms with E-state index in [1.807, 2.05) is 26.0 Å². The van der Waals surface area contributed by atoms with E-state index in [0.717, 1.165) is 10.6 Å². The monoisotopic (exact) mass is 437 g/mol. The second kappa shape index (κ2) is 8.08. The van der Waals surface area contributed by atoms with Gasteiger partial charge in [-0.25, -0.2) is 5.06 Å². The van der Waals surface area contributed by atoms with Gasteiger partial charge in [0.25, 0.3) is 11.6 Å². The standard InChI is InChI=1S/C23H23N3O6/c1-4-31-24(14-27)13-19-21(25-12-15-7-5-6-8-17(15)22(25)28)18-11-16(26(29)30)9-10-20(18)32-23(19,2)3/h5-11,14H,4,12-13H2,1-3H3. The molecule has 2 aliphatic heterocycles. The SMILES string of the molecule is CCON(C=O)CC1=C(N2Cc3ccccc3C2=O)c2cc([N+](=O)[O-])ccc2OC1(C)C. The molecule has 9 nitrogen and oxygen atoms in total. The fraction of sp³-hybridized carbons (Fsp3) is 0.304. The topological polar surface area (TPSA) is 102 Å². The van der Waals surface area contributed by atoms with E-state index in [2.05, 4.69) is 0 Å². The van der Waals surface area contributed by atoms with E-state index in [9.17, 15) is 19.7 Å². The summed E-state index contributed by atoms with van der Waals surface area (Å²) < 4.78 is 6.18. The summed E-state index contributed by atoms with van der Waals surface area (Å²) in [7, 11) is 0. The number of rotatable bonds is 7. The fourth-order valence-electron chi connectivity index (χ4n) is 4.13. The molecule has 9 heteroatoms. The maximum Gasteiger partial charge on any atom is 0.270 e. The van der Waals surface area contributed by atoms with E-state index >= 15 is 0 Å². The molecule has 2 heterocycles. The van der Waals surface area contributed by atoms with Crippen molar-refractivity contribution < 1.29 is 24.1 Å². The van der Waals surface area contributed by atoms with Gasteiger partial charge in [-0.3, -0.25) is 24.5 Å². The smallest absolute Gasteiger partial charge is 0.270 e. The van der Waals surface area contributed by atoms with E-state index in [0.29, 0.717) is 41.1 Å². The maximum absolute atomic E-state index is 13.4. The van der Waals surface area contributed by atoms with Crippen molar-refractivity contribution in [3.63, 3.8) is 0 Å². The van der Waals surface area contributed by atoms with E-state index in [-0.39, 0.29) is 24.7 Å². The molecule has 0 spiro atoms. The summed E-state index contributed by atoms with van der Waals surface area (Å²) >= 11 is 0. The van der Waals surface area contributed by atoms with Crippen molar-refractivity contribution >= 4 is 23.7 Å². The molecule has 0 saturated heterocycles. The number of nitro benzene ring substituents is 1. The van der Waals surface area contributed by atoms with Crippen LogP contribution in [0.2, 0.25) is 0 Å². The highest BCUT2D eigenvalue weighted by Crippen LogP contribution is 2.46. The maximum atomic E-state index is 13.4. The normalized spacial score (nSPS) is 16.3. The summed E-state index contributed by atoms with van der Waals surface area (Å²) in [5, 5.41) is 12.6. The van der Waals surface area contributed by atoms with Gasteiger partial charge in [0.15, 0.2) is 0 Å². The number of non-ortho nitro benzene ring substituents is 1. The number of hydroxylamine groups is 2. The molecular formula is C23H23N3O6. The molecule has 0 N–H and O–H groups in total. The predicted molar refractivity (Wildman–Crippen MR) is 115 cm³/mol. The van der Waals surface area contributed by atoms with Gasteiger partial charge < -0.3 is 9.64 Å². The van der Waals surface area contributed by atoms with Gasteiger partial charge in [0, 0.05) is 28.8 Å². The van der Waals surface area contributed by atoms with Crippen molar-refractivity contribution in [2.24, 2.45) is 0 Å². The molecule has 2 aliphatic rings. The van der Waals surface area contributed by atoms with Crippen LogP contribution in [0, 0.1) is 10.1 Å². The predicted octanol–water partition coefficient (Wildman–Crippen LogP) is 3.54. The van der Waals surface area contributed by atoms with Crippen molar-refractivity contribution in [1.82, 2.24) is 9.96 Å². The number of nitrogens with zero attached hydrogens (tertiary/aromatic N) is 3. The Morgan fingerprint density at radius 2 is 2.00 bits per heavy atom. The Kier molecular flexibility index (Phi) is 5.43. The lowest BCUT2D eigenvalue weighted by Gasteiger charge is -2.40. The number of ether oxygens (including phenoxy) is 1. The average Bonchev–Trinajstić information content (AvgIpc) is 3.09. The summed E-state index contributed by atoms with van der Waals surface area (Å²) in [6.45, 7) is 6.03. The van der Waals surface area contributed by atoms with E-state index in [1.165, 1.54) is 12.1 Å². The van der Waals surface area contributed by atoms with Gasteiger partial charge in [0.1, 0.15) is 11.4 Å². The van der Waals surface area contributed by atoms with Crippen LogP contribution in [-0.2, 0) is 16.2 Å². The van der Waals surface area contributed by atoms with Crippen molar-refractivity contribution in [3.8, 4) is 5.75 Å². The molecule has 2 aromatic carbocycles. The minimum absolute atomic E-state index is 0.0297. The van der Waals surface area contributed by atoms with Crippen LogP contribution in [-0.4, -0.2) is 46.0 Å². The number of hydrogen-bond acceptors (Lipinski definition) is 6. The number of hydrogen-bond donors (Lipinski definition) is 0. The Morgan fingerprint density at radius 3 is 2.66 bits per heavy atom. The third-order valence-electron chi connectivity index (χ3n) is 5.62. The van der Waals surface area contributed by atoms with E-state index in [4.69, 9.17) is 9.57 Å². The third kappa shape index (κ3) is 3.60. The Bertz CT molecular complexity index is 1140. The molecule has 0 fully saturated rings. The van der Waals surface area contributed by atoms with Gasteiger partial charge in [0.2, 0.25) is 6.41 Å². The van der Waals surface area contributed by atoms with Crippen molar-refractivity contribution in [3.05, 3.63) is 74.8 Å². The third-order valence-corrected chi connectivity index (χ3v) is 5.62. The van der Waals surface area contributed by atoms with Crippen molar-refractivity contribution in [2.75, 3.05) is 13.2 Å². The first-order valence-electron chi connectivity index (χ1n) is 10.2. The summed E-state index contributed by atoms with van der Waals surface area (Å²) in [6, 6.07) is 11.6. The van der Waals surface area contributed by atoms with Crippen LogP contribution in [0.25, 0.3) is 5.70 Å². The van der Waals surface area contributed by atoms with Gasteiger partial charge >= 0.3 is 0 Å². The zero-order chi connectivity index (χ0) is 23.0. The molecule has 166 valence electrons. The molecule has 32 heavy (non-hydrogen) atoms. The zero-order valence-corrected chi connectivity index (χ0v) is 18.0. The molecule has 4 rings (SSSR count). The molecule has 2 aromatic rings. The first kappa shape index (κ1) is 21.5. The zero-order valence-electron chi connectivity index (χ0n) is 18.0. The van der Waals surface area contributed by atoms with Gasteiger partial charge in [-0.05, 0) is 38.5 Å². The number of amides is 2. The number of nitro groups is 1. The van der Waals surface area contributed by atoms with Gasteiger partial charge in [-0.1, -0.05) is 18.2 Å². The van der Waals surface area contributed by atoms with E-state index in [1.54, 1.807) is 30.0 Å². The molecule has 0 aromatic heterocycles. The molecule has 0 aliphatic carbocycles. The van der Waals surface area contributed by atoms with Crippen LogP contribution in [0.4, 0.5) is 5.69 Å². The highest BCUT2D eigenvalue weighted by atomic mass is 16.7. The van der Waals surface area contributed by atoms with Crippen LogP contribution in [0.15, 0.2) is 48.0 Å². The highest BCUT2D eigenvalue weighted by Gasteiger charge is 2.42. The van der Waals surface area contributed by atoms with E-state index < -0.39 is 10.5 Å². The van der Waals surface area contributed by atoms with Gasteiger partial charge in [0.05, 0.1) is 30.3 Å². The highest BCUT2D eigenvalue weighted by molar-refractivity contribution is 6.04. The first-order valence-corrected chi connectivity index (χ1v) is 10.2.